The minimum absolute atomic E-state index is 0.649. The summed E-state index contributed by atoms with van der Waals surface area (Å²) < 4.78 is 2.34. The normalized spacial score (nSPS) is 16.3. The highest BCUT2D eigenvalue weighted by Gasteiger charge is 2.19. The second kappa shape index (κ2) is 5.14. The molecule has 1 saturated carbocycles. The van der Waals surface area contributed by atoms with E-state index in [1.165, 1.54) is 31.2 Å². The molecular weight excluding hydrogens is 242 g/mol. The fraction of sp³-hybridized carbons (Fsp3) is 0.500. The van der Waals surface area contributed by atoms with Crippen LogP contribution in [0, 0.1) is 6.92 Å². The van der Waals surface area contributed by atoms with Crippen molar-refractivity contribution in [3.8, 4) is 0 Å². The molecule has 0 atom stereocenters. The number of thiophene rings is 1. The Kier molecular flexibility index (Phi) is 3.37. The average molecular weight is 261 g/mol. The second-order valence-electron chi connectivity index (χ2n) is 5.04. The first-order chi connectivity index (χ1) is 8.83. The van der Waals surface area contributed by atoms with E-state index in [-0.39, 0.29) is 0 Å². The molecule has 2 aromatic heterocycles. The Hall–Kier alpha value is -1.29. The maximum absolute atomic E-state index is 4.61. The number of rotatable bonds is 4. The zero-order valence-electron chi connectivity index (χ0n) is 10.7. The number of nitrogens with one attached hydrogen (secondary N) is 1. The zero-order chi connectivity index (χ0) is 12.4. The van der Waals surface area contributed by atoms with Crippen molar-refractivity contribution in [2.75, 3.05) is 5.32 Å². The minimum Gasteiger partial charge on any atom is -0.352 e. The highest BCUT2D eigenvalue weighted by atomic mass is 32.1. The Balaban J connectivity index is 1.74. The first-order valence-corrected chi connectivity index (χ1v) is 7.57. The molecule has 1 aliphatic rings. The molecule has 0 saturated heterocycles. The highest BCUT2D eigenvalue weighted by molar-refractivity contribution is 7.07. The lowest BCUT2D eigenvalue weighted by molar-refractivity contribution is 0.522. The molecule has 3 nitrogen and oxygen atoms in total. The van der Waals surface area contributed by atoms with E-state index in [9.17, 15) is 0 Å². The van der Waals surface area contributed by atoms with Crippen molar-refractivity contribution >= 4 is 17.3 Å². The van der Waals surface area contributed by atoms with Gasteiger partial charge in [-0.2, -0.15) is 11.3 Å². The van der Waals surface area contributed by atoms with E-state index < -0.39 is 0 Å². The Morgan fingerprint density at radius 3 is 3.00 bits per heavy atom. The summed E-state index contributed by atoms with van der Waals surface area (Å²) in [6.07, 6.45) is 7.48. The average Bonchev–Trinajstić information content (AvgIpc) is 3.08. The summed E-state index contributed by atoms with van der Waals surface area (Å²) in [7, 11) is 0. The molecule has 0 unspecified atom stereocenters. The summed E-state index contributed by atoms with van der Waals surface area (Å²) in [5, 5.41) is 7.77. The second-order valence-corrected chi connectivity index (χ2v) is 5.82. The fourth-order valence-corrected chi connectivity index (χ4v) is 3.35. The van der Waals surface area contributed by atoms with Crippen LogP contribution in [0.15, 0.2) is 23.0 Å². The zero-order valence-corrected chi connectivity index (χ0v) is 11.5. The molecule has 1 N–H and O–H groups in total. The van der Waals surface area contributed by atoms with Crippen LogP contribution in [0.3, 0.4) is 0 Å². The van der Waals surface area contributed by atoms with Gasteiger partial charge in [0.05, 0.1) is 5.69 Å². The van der Waals surface area contributed by atoms with Crippen molar-refractivity contribution in [3.05, 3.63) is 34.3 Å². The molecule has 0 radical (unpaired) electrons. The quantitative estimate of drug-likeness (QED) is 0.902. The van der Waals surface area contributed by atoms with Gasteiger partial charge in [-0.1, -0.05) is 12.8 Å². The van der Waals surface area contributed by atoms with E-state index in [0.717, 1.165) is 18.2 Å². The van der Waals surface area contributed by atoms with Gasteiger partial charge >= 0.3 is 0 Å². The van der Waals surface area contributed by atoms with Crippen LogP contribution in [0.25, 0.3) is 0 Å². The maximum atomic E-state index is 4.61. The summed E-state index contributed by atoms with van der Waals surface area (Å²) in [5.41, 5.74) is 2.44. The van der Waals surface area contributed by atoms with E-state index in [4.69, 9.17) is 0 Å². The number of anilines is 1. The third kappa shape index (κ3) is 2.43. The van der Waals surface area contributed by atoms with Crippen molar-refractivity contribution in [2.45, 2.75) is 45.2 Å². The number of aryl methyl sites for hydroxylation is 1. The molecule has 2 heterocycles. The molecule has 1 aliphatic carbocycles. The van der Waals surface area contributed by atoms with Gasteiger partial charge in [-0.3, -0.25) is 0 Å². The summed E-state index contributed by atoms with van der Waals surface area (Å²) in [6.45, 7) is 2.94. The molecule has 0 aliphatic heterocycles. The van der Waals surface area contributed by atoms with Crippen LogP contribution in [0.2, 0.25) is 0 Å². The number of imidazole rings is 1. The van der Waals surface area contributed by atoms with E-state index in [2.05, 4.69) is 44.8 Å². The van der Waals surface area contributed by atoms with Gasteiger partial charge in [0.1, 0.15) is 0 Å². The van der Waals surface area contributed by atoms with E-state index >= 15 is 0 Å². The molecule has 18 heavy (non-hydrogen) atoms. The Labute approximate surface area is 112 Å². The third-order valence-electron chi connectivity index (χ3n) is 3.60. The lowest BCUT2D eigenvalue weighted by Gasteiger charge is -2.15. The first-order valence-electron chi connectivity index (χ1n) is 6.63. The molecule has 2 aromatic rings. The Morgan fingerprint density at radius 1 is 1.44 bits per heavy atom. The smallest absolute Gasteiger partial charge is 0.203 e. The Bertz CT molecular complexity index is 495. The van der Waals surface area contributed by atoms with Crippen molar-refractivity contribution in [3.63, 3.8) is 0 Å². The van der Waals surface area contributed by atoms with Crippen molar-refractivity contribution in [1.82, 2.24) is 9.55 Å². The largest absolute Gasteiger partial charge is 0.352 e. The first kappa shape index (κ1) is 11.8. The van der Waals surface area contributed by atoms with Crippen molar-refractivity contribution in [2.24, 2.45) is 0 Å². The van der Waals surface area contributed by atoms with E-state index in [0.29, 0.717) is 6.04 Å². The summed E-state index contributed by atoms with van der Waals surface area (Å²) >= 11 is 1.74. The number of hydrogen-bond acceptors (Lipinski definition) is 3. The maximum Gasteiger partial charge on any atom is 0.203 e. The van der Waals surface area contributed by atoms with Gasteiger partial charge in [0.25, 0.3) is 0 Å². The fourth-order valence-electron chi connectivity index (χ4n) is 2.68. The van der Waals surface area contributed by atoms with Crippen LogP contribution >= 0.6 is 11.3 Å². The standard InChI is InChI=1S/C14H19N3S/c1-11-9-17(13-4-2-3-5-13)14(16-11)15-8-12-6-7-18-10-12/h6-7,9-10,13H,2-5,8H2,1H3,(H,15,16). The SMILES string of the molecule is Cc1cn(C2CCCC2)c(NCc2ccsc2)n1. The van der Waals surface area contributed by atoms with Crippen LogP contribution in [0.1, 0.15) is 43.0 Å². The predicted molar refractivity (Wildman–Crippen MR) is 76.1 cm³/mol. The van der Waals surface area contributed by atoms with E-state index in [1.54, 1.807) is 11.3 Å². The summed E-state index contributed by atoms with van der Waals surface area (Å²) in [4.78, 5) is 4.61. The number of aromatic nitrogens is 2. The molecule has 0 spiro atoms. The summed E-state index contributed by atoms with van der Waals surface area (Å²) in [6, 6.07) is 2.81. The molecule has 0 aromatic carbocycles. The molecule has 96 valence electrons. The van der Waals surface area contributed by atoms with Crippen molar-refractivity contribution < 1.29 is 0 Å². The Morgan fingerprint density at radius 2 is 2.28 bits per heavy atom. The highest BCUT2D eigenvalue weighted by Crippen LogP contribution is 2.32. The van der Waals surface area contributed by atoms with Crippen LogP contribution < -0.4 is 5.32 Å². The topological polar surface area (TPSA) is 29.9 Å². The lowest BCUT2D eigenvalue weighted by Crippen LogP contribution is -2.10. The molecule has 1 fully saturated rings. The van der Waals surface area contributed by atoms with Crippen molar-refractivity contribution in [1.29, 1.82) is 0 Å². The molecular formula is C14H19N3S. The van der Waals surface area contributed by atoms with Gasteiger partial charge in [-0.05, 0) is 42.2 Å². The van der Waals surface area contributed by atoms with Crippen LogP contribution in [0.4, 0.5) is 5.95 Å². The minimum atomic E-state index is 0.649. The van der Waals surface area contributed by atoms with Gasteiger partial charge in [0.15, 0.2) is 0 Å². The monoisotopic (exact) mass is 261 g/mol. The van der Waals surface area contributed by atoms with E-state index in [1.807, 2.05) is 0 Å². The van der Waals surface area contributed by atoms with Crippen LogP contribution in [0.5, 0.6) is 0 Å². The summed E-state index contributed by atoms with van der Waals surface area (Å²) in [5.74, 6) is 1.03. The predicted octanol–water partition coefficient (Wildman–Crippen LogP) is 3.98. The molecule has 0 bridgehead atoms. The molecule has 4 heteroatoms. The van der Waals surface area contributed by atoms with Gasteiger partial charge < -0.3 is 9.88 Å². The van der Waals surface area contributed by atoms with Gasteiger partial charge in [0, 0.05) is 18.8 Å². The lowest BCUT2D eigenvalue weighted by atomic mass is 10.2. The molecule has 3 rings (SSSR count). The van der Waals surface area contributed by atoms with Gasteiger partial charge in [-0.25, -0.2) is 4.98 Å². The molecule has 0 amide bonds. The number of hydrogen-bond donors (Lipinski definition) is 1. The third-order valence-corrected chi connectivity index (χ3v) is 4.33. The van der Waals surface area contributed by atoms with Crippen LogP contribution in [-0.2, 0) is 6.54 Å². The van der Waals surface area contributed by atoms with Gasteiger partial charge in [0.2, 0.25) is 5.95 Å². The van der Waals surface area contributed by atoms with Gasteiger partial charge in [-0.15, -0.1) is 0 Å². The van der Waals surface area contributed by atoms with Crippen LogP contribution in [-0.4, -0.2) is 9.55 Å². The number of nitrogens with zero attached hydrogens (tertiary/aromatic N) is 2.